The van der Waals surface area contributed by atoms with E-state index in [1.807, 2.05) is 0 Å². The number of aryl methyl sites for hydroxylation is 2. The van der Waals surface area contributed by atoms with Crippen LogP contribution in [0.1, 0.15) is 56.1 Å². The number of rotatable bonds is 0. The molecule has 3 aromatic rings. The van der Waals surface area contributed by atoms with E-state index in [0.717, 1.165) is 53.4 Å². The maximum Gasteiger partial charge on any atom is 0.229 e. The Labute approximate surface area is 140 Å². The average molecular weight is 320 g/mol. The highest BCUT2D eigenvalue weighted by Gasteiger charge is 2.26. The topological polar surface area (TPSA) is 73.9 Å². The SMILES string of the molecule is CC(C)(C)c1cc2oc3c(c2c2cc(C#N)c(=N)oc12)CCCC3. The Hall–Kier alpha value is -2.54. The molecule has 4 rings (SSSR count). The van der Waals surface area contributed by atoms with E-state index in [1.165, 1.54) is 5.56 Å². The van der Waals surface area contributed by atoms with Gasteiger partial charge in [-0.25, -0.2) is 0 Å². The average Bonchev–Trinajstić information content (AvgIpc) is 2.91. The Morgan fingerprint density at radius 2 is 1.88 bits per heavy atom. The van der Waals surface area contributed by atoms with Crippen LogP contribution in [0.4, 0.5) is 0 Å². The van der Waals surface area contributed by atoms with Gasteiger partial charge in [-0.1, -0.05) is 20.8 Å². The van der Waals surface area contributed by atoms with Gasteiger partial charge >= 0.3 is 0 Å². The van der Waals surface area contributed by atoms with Crippen molar-refractivity contribution in [3.8, 4) is 6.07 Å². The minimum atomic E-state index is -0.149. The van der Waals surface area contributed by atoms with Gasteiger partial charge in [-0.2, -0.15) is 5.26 Å². The second-order valence-corrected chi connectivity index (χ2v) is 7.60. The van der Waals surface area contributed by atoms with Crippen molar-refractivity contribution in [3.05, 3.63) is 40.1 Å². The molecule has 0 saturated heterocycles. The van der Waals surface area contributed by atoms with Gasteiger partial charge in [0, 0.05) is 28.3 Å². The summed E-state index contributed by atoms with van der Waals surface area (Å²) in [6.07, 6.45) is 4.27. The number of fused-ring (bicyclic) bond motifs is 5. The summed E-state index contributed by atoms with van der Waals surface area (Å²) < 4.78 is 12.0. The number of nitrogens with zero attached hydrogens (tertiary/aromatic N) is 1. The molecule has 1 aliphatic rings. The molecule has 1 N–H and O–H groups in total. The van der Waals surface area contributed by atoms with Crippen molar-refractivity contribution in [1.29, 1.82) is 10.7 Å². The molecular formula is C20H20N2O2. The first-order chi connectivity index (χ1) is 11.4. The second-order valence-electron chi connectivity index (χ2n) is 7.60. The Balaban J connectivity index is 2.24. The lowest BCUT2D eigenvalue weighted by Crippen LogP contribution is -2.14. The first-order valence-electron chi connectivity index (χ1n) is 8.40. The Bertz CT molecular complexity index is 1070. The lowest BCUT2D eigenvalue weighted by atomic mass is 9.84. The molecule has 0 radical (unpaired) electrons. The van der Waals surface area contributed by atoms with Gasteiger partial charge in [0.25, 0.3) is 0 Å². The number of benzene rings is 1. The quantitative estimate of drug-likeness (QED) is 0.652. The summed E-state index contributed by atoms with van der Waals surface area (Å²) in [6.45, 7) is 6.36. The van der Waals surface area contributed by atoms with Crippen molar-refractivity contribution in [2.75, 3.05) is 0 Å². The lowest BCUT2D eigenvalue weighted by Gasteiger charge is -2.20. The van der Waals surface area contributed by atoms with Gasteiger partial charge in [0.2, 0.25) is 5.55 Å². The fourth-order valence-corrected chi connectivity index (χ4v) is 3.69. The zero-order chi connectivity index (χ0) is 17.1. The highest BCUT2D eigenvalue weighted by molar-refractivity contribution is 6.08. The standard InChI is InChI=1S/C20H20N2O2/c1-20(2,3)14-9-16-17(12-6-4-5-7-15(12)23-16)13-8-11(10-21)19(22)24-18(13)14/h8-9,22H,4-7H2,1-3H3. The molecule has 0 bridgehead atoms. The summed E-state index contributed by atoms with van der Waals surface area (Å²) in [6, 6.07) is 5.93. The van der Waals surface area contributed by atoms with Crippen LogP contribution in [0.2, 0.25) is 0 Å². The van der Waals surface area contributed by atoms with Crippen LogP contribution in [0, 0.1) is 16.7 Å². The molecular weight excluding hydrogens is 300 g/mol. The number of hydrogen-bond donors (Lipinski definition) is 1. The van der Waals surface area contributed by atoms with Gasteiger partial charge in [0.05, 0.1) is 0 Å². The summed E-state index contributed by atoms with van der Waals surface area (Å²) in [4.78, 5) is 0. The summed E-state index contributed by atoms with van der Waals surface area (Å²) in [5.41, 5.74) is 3.87. The van der Waals surface area contributed by atoms with Gasteiger partial charge in [-0.05, 0) is 36.8 Å². The molecule has 0 amide bonds. The number of nitrogens with one attached hydrogen (secondary N) is 1. The van der Waals surface area contributed by atoms with E-state index in [9.17, 15) is 5.26 Å². The van der Waals surface area contributed by atoms with E-state index >= 15 is 0 Å². The maximum atomic E-state index is 9.31. The van der Waals surface area contributed by atoms with Crippen molar-refractivity contribution in [3.63, 3.8) is 0 Å². The number of furan rings is 1. The van der Waals surface area contributed by atoms with Crippen LogP contribution < -0.4 is 5.55 Å². The number of hydrogen-bond acceptors (Lipinski definition) is 4. The molecule has 0 unspecified atom stereocenters. The van der Waals surface area contributed by atoms with Crippen molar-refractivity contribution in [2.45, 2.75) is 51.9 Å². The summed E-state index contributed by atoms with van der Waals surface area (Å²) in [7, 11) is 0. The van der Waals surface area contributed by atoms with Crippen LogP contribution in [0.15, 0.2) is 21.0 Å². The molecule has 2 heterocycles. The molecule has 4 nitrogen and oxygen atoms in total. The largest absolute Gasteiger partial charge is 0.461 e. The van der Waals surface area contributed by atoms with Crippen LogP contribution in [0.5, 0.6) is 0 Å². The molecule has 2 aromatic heterocycles. The normalized spacial score (nSPS) is 14.8. The van der Waals surface area contributed by atoms with Crippen molar-refractivity contribution < 1.29 is 8.83 Å². The Morgan fingerprint density at radius 1 is 1.12 bits per heavy atom. The van der Waals surface area contributed by atoms with E-state index in [0.29, 0.717) is 5.58 Å². The number of nitriles is 1. The van der Waals surface area contributed by atoms with Crippen LogP contribution in [0.3, 0.4) is 0 Å². The zero-order valence-electron chi connectivity index (χ0n) is 14.2. The first kappa shape index (κ1) is 15.0. The Morgan fingerprint density at radius 3 is 2.58 bits per heavy atom. The molecule has 0 atom stereocenters. The second kappa shape index (κ2) is 4.98. The molecule has 1 aromatic carbocycles. The summed E-state index contributed by atoms with van der Waals surface area (Å²) >= 11 is 0. The molecule has 24 heavy (non-hydrogen) atoms. The third-order valence-electron chi connectivity index (χ3n) is 4.90. The highest BCUT2D eigenvalue weighted by atomic mass is 16.3. The minimum Gasteiger partial charge on any atom is -0.461 e. The van der Waals surface area contributed by atoms with Gasteiger partial charge in [0.15, 0.2) is 0 Å². The lowest BCUT2D eigenvalue weighted by molar-refractivity contribution is 0.500. The van der Waals surface area contributed by atoms with Gasteiger partial charge < -0.3 is 8.83 Å². The van der Waals surface area contributed by atoms with Crippen LogP contribution in [-0.2, 0) is 18.3 Å². The van der Waals surface area contributed by atoms with E-state index in [2.05, 4.69) is 32.9 Å². The van der Waals surface area contributed by atoms with Crippen LogP contribution >= 0.6 is 0 Å². The predicted molar refractivity (Wildman–Crippen MR) is 91.9 cm³/mol. The zero-order valence-corrected chi connectivity index (χ0v) is 14.2. The highest BCUT2D eigenvalue weighted by Crippen LogP contribution is 2.40. The van der Waals surface area contributed by atoms with Crippen molar-refractivity contribution >= 4 is 21.9 Å². The predicted octanol–water partition coefficient (Wildman–Crippen LogP) is 4.71. The molecule has 1 aliphatic carbocycles. The first-order valence-corrected chi connectivity index (χ1v) is 8.40. The third-order valence-corrected chi connectivity index (χ3v) is 4.90. The van der Waals surface area contributed by atoms with E-state index in [-0.39, 0.29) is 16.5 Å². The molecule has 0 aliphatic heterocycles. The maximum absolute atomic E-state index is 9.31. The molecule has 0 spiro atoms. The smallest absolute Gasteiger partial charge is 0.229 e. The molecule has 122 valence electrons. The van der Waals surface area contributed by atoms with E-state index in [1.54, 1.807) is 6.07 Å². The van der Waals surface area contributed by atoms with E-state index in [4.69, 9.17) is 14.2 Å². The molecule has 4 heteroatoms. The van der Waals surface area contributed by atoms with Gasteiger partial charge in [-0.15, -0.1) is 0 Å². The fourth-order valence-electron chi connectivity index (χ4n) is 3.69. The van der Waals surface area contributed by atoms with Gasteiger partial charge in [0.1, 0.15) is 28.6 Å². The minimum absolute atomic E-state index is 0.0767. The third kappa shape index (κ3) is 2.08. The van der Waals surface area contributed by atoms with E-state index < -0.39 is 0 Å². The molecule has 0 fully saturated rings. The summed E-state index contributed by atoms with van der Waals surface area (Å²) in [5, 5.41) is 19.3. The Kier molecular flexibility index (Phi) is 3.11. The van der Waals surface area contributed by atoms with Crippen molar-refractivity contribution in [2.24, 2.45) is 0 Å². The van der Waals surface area contributed by atoms with Gasteiger partial charge in [-0.3, -0.25) is 5.41 Å². The van der Waals surface area contributed by atoms with Crippen molar-refractivity contribution in [1.82, 2.24) is 0 Å². The van der Waals surface area contributed by atoms with Crippen LogP contribution in [-0.4, -0.2) is 0 Å². The fraction of sp³-hybridized carbons (Fsp3) is 0.400. The summed E-state index contributed by atoms with van der Waals surface area (Å²) in [5.74, 6) is 1.07. The van der Waals surface area contributed by atoms with Crippen LogP contribution in [0.25, 0.3) is 21.9 Å². The molecule has 0 saturated carbocycles. The monoisotopic (exact) mass is 320 g/mol.